The quantitative estimate of drug-likeness (QED) is 0.697. The summed E-state index contributed by atoms with van der Waals surface area (Å²) >= 11 is 0. The number of aryl methyl sites for hydroxylation is 1. The minimum absolute atomic E-state index is 0.750. The van der Waals surface area contributed by atoms with Crippen molar-refractivity contribution in [2.75, 3.05) is 17.7 Å². The highest BCUT2D eigenvalue weighted by molar-refractivity contribution is 5.88. The zero-order valence-corrected chi connectivity index (χ0v) is 11.0. The normalized spacial score (nSPS) is 11.1. The van der Waals surface area contributed by atoms with E-state index in [2.05, 4.69) is 20.2 Å². The molecule has 3 rings (SSSR count). The Labute approximate surface area is 110 Å². The second-order valence-electron chi connectivity index (χ2n) is 4.75. The van der Waals surface area contributed by atoms with Crippen molar-refractivity contribution in [1.29, 1.82) is 0 Å². The first-order valence-electron chi connectivity index (χ1n) is 6.05. The van der Waals surface area contributed by atoms with Gasteiger partial charge in [0.1, 0.15) is 0 Å². The van der Waals surface area contributed by atoms with E-state index < -0.39 is 0 Å². The molecule has 6 nitrogen and oxygen atoms in total. The van der Waals surface area contributed by atoms with Gasteiger partial charge in [-0.3, -0.25) is 9.78 Å². The molecule has 0 fully saturated rings. The van der Waals surface area contributed by atoms with E-state index >= 15 is 0 Å². The number of aromatic amines is 1. The zero-order chi connectivity index (χ0) is 13.4. The number of H-pyrrole nitrogens is 1. The number of fused-ring (bicyclic) bond motifs is 1. The Morgan fingerprint density at radius 1 is 1.37 bits per heavy atom. The Hall–Kier alpha value is -2.50. The molecule has 1 aromatic carbocycles. The Morgan fingerprint density at radius 2 is 2.21 bits per heavy atom. The predicted molar refractivity (Wildman–Crippen MR) is 75.8 cm³/mol. The molecule has 0 aliphatic carbocycles. The summed E-state index contributed by atoms with van der Waals surface area (Å²) in [5.74, 6) is 0. The number of hydrogen-bond acceptors (Lipinski definition) is 4. The van der Waals surface area contributed by atoms with Gasteiger partial charge in [-0.15, -0.1) is 0 Å². The summed E-state index contributed by atoms with van der Waals surface area (Å²) in [6.07, 6.45) is 5.64. The molecule has 0 amide bonds. The summed E-state index contributed by atoms with van der Waals surface area (Å²) in [4.78, 5) is 2.10. The minimum atomic E-state index is 0.750. The second-order valence-corrected chi connectivity index (χ2v) is 4.75. The molecular formula is C13H16N6. The molecule has 0 saturated carbocycles. The topological polar surface area (TPSA) is 75.8 Å². The summed E-state index contributed by atoms with van der Waals surface area (Å²) in [7, 11) is 3.93. The van der Waals surface area contributed by atoms with Gasteiger partial charge in [0.2, 0.25) is 0 Å². The molecule has 98 valence electrons. The fraction of sp³-hybridized carbons (Fsp3) is 0.231. The molecule has 0 bridgehead atoms. The average molecular weight is 256 g/mol. The molecule has 3 N–H and O–H groups in total. The highest BCUT2D eigenvalue weighted by Gasteiger charge is 2.09. The van der Waals surface area contributed by atoms with Crippen molar-refractivity contribution < 1.29 is 0 Å². The predicted octanol–water partition coefficient (Wildman–Crippen LogP) is 1.51. The lowest BCUT2D eigenvalue weighted by Gasteiger charge is -2.20. The molecule has 0 atom stereocenters. The first kappa shape index (κ1) is 11.6. The van der Waals surface area contributed by atoms with Gasteiger partial charge in [-0.25, -0.2) is 0 Å². The monoisotopic (exact) mass is 256 g/mol. The van der Waals surface area contributed by atoms with Gasteiger partial charge in [0.15, 0.2) is 0 Å². The molecule has 0 radical (unpaired) electrons. The van der Waals surface area contributed by atoms with Crippen molar-refractivity contribution >= 4 is 22.3 Å². The molecule has 6 heteroatoms. The SMILES string of the molecule is CN(Cc1cnn(C)c1)c1cc2[nH]ncc2cc1N. The molecular weight excluding hydrogens is 240 g/mol. The van der Waals surface area contributed by atoms with Crippen LogP contribution in [-0.4, -0.2) is 27.0 Å². The van der Waals surface area contributed by atoms with Crippen LogP contribution in [-0.2, 0) is 13.6 Å². The van der Waals surface area contributed by atoms with E-state index in [4.69, 9.17) is 5.73 Å². The highest BCUT2D eigenvalue weighted by atomic mass is 15.2. The van der Waals surface area contributed by atoms with Crippen LogP contribution in [0, 0.1) is 0 Å². The smallest absolute Gasteiger partial charge is 0.0672 e. The first-order valence-corrected chi connectivity index (χ1v) is 6.05. The maximum atomic E-state index is 6.10. The van der Waals surface area contributed by atoms with Crippen LogP contribution in [0.5, 0.6) is 0 Å². The number of benzene rings is 1. The lowest BCUT2D eigenvalue weighted by Crippen LogP contribution is -2.17. The van der Waals surface area contributed by atoms with E-state index in [-0.39, 0.29) is 0 Å². The molecule has 2 heterocycles. The van der Waals surface area contributed by atoms with E-state index in [0.29, 0.717) is 0 Å². The molecule has 19 heavy (non-hydrogen) atoms. The number of nitrogen functional groups attached to an aromatic ring is 1. The van der Waals surface area contributed by atoms with Crippen molar-refractivity contribution in [3.63, 3.8) is 0 Å². The Balaban J connectivity index is 1.91. The van der Waals surface area contributed by atoms with Gasteiger partial charge >= 0.3 is 0 Å². The fourth-order valence-corrected chi connectivity index (χ4v) is 2.24. The molecule has 0 unspecified atom stereocenters. The van der Waals surface area contributed by atoms with Crippen molar-refractivity contribution in [1.82, 2.24) is 20.0 Å². The van der Waals surface area contributed by atoms with E-state index in [1.54, 1.807) is 10.9 Å². The number of rotatable bonds is 3. The van der Waals surface area contributed by atoms with E-state index in [9.17, 15) is 0 Å². The maximum Gasteiger partial charge on any atom is 0.0672 e. The lowest BCUT2D eigenvalue weighted by molar-refractivity contribution is 0.766. The van der Waals surface area contributed by atoms with Crippen molar-refractivity contribution in [3.05, 3.63) is 36.3 Å². The summed E-state index contributed by atoms with van der Waals surface area (Å²) in [5.41, 5.74) is 9.97. The highest BCUT2D eigenvalue weighted by Crippen LogP contribution is 2.28. The van der Waals surface area contributed by atoms with E-state index in [0.717, 1.165) is 34.4 Å². The summed E-state index contributed by atoms with van der Waals surface area (Å²) in [6, 6.07) is 3.96. The lowest BCUT2D eigenvalue weighted by atomic mass is 10.2. The number of hydrogen-bond donors (Lipinski definition) is 2. The molecule has 0 spiro atoms. The first-order chi connectivity index (χ1) is 9.13. The number of nitrogens with zero attached hydrogens (tertiary/aromatic N) is 4. The Bertz CT molecular complexity index is 711. The van der Waals surface area contributed by atoms with Crippen LogP contribution in [0.2, 0.25) is 0 Å². The van der Waals surface area contributed by atoms with E-state index in [1.807, 2.05) is 38.6 Å². The molecule has 0 aliphatic rings. The third kappa shape index (κ3) is 2.12. The fourth-order valence-electron chi connectivity index (χ4n) is 2.24. The van der Waals surface area contributed by atoms with E-state index in [1.165, 1.54) is 0 Å². The Morgan fingerprint density at radius 3 is 2.95 bits per heavy atom. The van der Waals surface area contributed by atoms with Crippen molar-refractivity contribution in [2.24, 2.45) is 7.05 Å². The number of nitrogens with one attached hydrogen (secondary N) is 1. The van der Waals surface area contributed by atoms with Crippen LogP contribution in [0.1, 0.15) is 5.56 Å². The number of anilines is 2. The number of aromatic nitrogens is 4. The van der Waals surface area contributed by atoms with Crippen LogP contribution in [0.25, 0.3) is 10.9 Å². The summed E-state index contributed by atoms with van der Waals surface area (Å²) < 4.78 is 1.80. The van der Waals surface area contributed by atoms with Gasteiger partial charge in [0.05, 0.1) is 29.3 Å². The van der Waals surface area contributed by atoms with Crippen LogP contribution >= 0.6 is 0 Å². The second kappa shape index (κ2) is 4.31. The number of nitrogens with two attached hydrogens (primary N) is 1. The van der Waals surface area contributed by atoms with Gasteiger partial charge in [0, 0.05) is 37.8 Å². The van der Waals surface area contributed by atoms with Gasteiger partial charge in [-0.05, 0) is 12.1 Å². The standard InChI is InChI=1S/C13H16N6/c1-18(7-9-5-16-19(2)8-9)13-4-12-10(3-11(13)14)6-15-17-12/h3-6,8H,7,14H2,1-2H3,(H,15,17). The van der Waals surface area contributed by atoms with Gasteiger partial charge in [0.25, 0.3) is 0 Å². The van der Waals surface area contributed by atoms with Crippen molar-refractivity contribution in [2.45, 2.75) is 6.54 Å². The van der Waals surface area contributed by atoms with Crippen LogP contribution in [0.3, 0.4) is 0 Å². The maximum absolute atomic E-state index is 6.10. The third-order valence-electron chi connectivity index (χ3n) is 3.18. The molecule has 3 aromatic rings. The third-order valence-corrected chi connectivity index (χ3v) is 3.18. The minimum Gasteiger partial charge on any atom is -0.397 e. The summed E-state index contributed by atoms with van der Waals surface area (Å²) in [6.45, 7) is 0.762. The Kier molecular flexibility index (Phi) is 2.63. The van der Waals surface area contributed by atoms with Crippen LogP contribution in [0.4, 0.5) is 11.4 Å². The molecule has 0 saturated heterocycles. The largest absolute Gasteiger partial charge is 0.397 e. The van der Waals surface area contributed by atoms with Crippen LogP contribution in [0.15, 0.2) is 30.7 Å². The average Bonchev–Trinajstić information content (AvgIpc) is 2.96. The zero-order valence-electron chi connectivity index (χ0n) is 11.0. The van der Waals surface area contributed by atoms with Gasteiger partial charge in [-0.2, -0.15) is 10.2 Å². The van der Waals surface area contributed by atoms with Crippen LogP contribution < -0.4 is 10.6 Å². The summed E-state index contributed by atoms with van der Waals surface area (Å²) in [5, 5.41) is 12.2. The van der Waals surface area contributed by atoms with Gasteiger partial charge < -0.3 is 10.6 Å². The molecule has 0 aliphatic heterocycles. The molecule has 2 aromatic heterocycles. The van der Waals surface area contributed by atoms with Crippen molar-refractivity contribution in [3.8, 4) is 0 Å². The van der Waals surface area contributed by atoms with Gasteiger partial charge in [-0.1, -0.05) is 0 Å².